The third-order valence-corrected chi connectivity index (χ3v) is 4.96. The van der Waals surface area contributed by atoms with Crippen molar-refractivity contribution < 1.29 is 19.1 Å². The minimum Gasteiger partial charge on any atom is -0.463 e. The van der Waals surface area contributed by atoms with Crippen molar-refractivity contribution in [2.24, 2.45) is 0 Å². The number of nitrogens with zero attached hydrogens (tertiary/aromatic N) is 1. The summed E-state index contributed by atoms with van der Waals surface area (Å²) < 4.78 is 10.2. The van der Waals surface area contributed by atoms with Crippen molar-refractivity contribution in [1.82, 2.24) is 4.90 Å². The standard InChI is InChI=1S/C22H21NO4/c1-3-26-19(24)13-18(22(25)27-4-2)23-20-16-11-7-5-9-14(16)15-10-6-8-12-17(15)21(20)23/h5-13,20-21H,3-4H2,1-2H3/b18-13+. The Morgan fingerprint density at radius 3 is 1.93 bits per heavy atom. The Hall–Kier alpha value is -3.08. The van der Waals surface area contributed by atoms with Crippen molar-refractivity contribution in [2.75, 3.05) is 13.2 Å². The van der Waals surface area contributed by atoms with E-state index in [1.807, 2.05) is 29.2 Å². The van der Waals surface area contributed by atoms with Gasteiger partial charge in [0.1, 0.15) is 5.70 Å². The van der Waals surface area contributed by atoms with Gasteiger partial charge in [0.2, 0.25) is 0 Å². The van der Waals surface area contributed by atoms with Crippen LogP contribution in [0.1, 0.15) is 37.1 Å². The van der Waals surface area contributed by atoms with Crippen molar-refractivity contribution in [1.29, 1.82) is 0 Å². The molecule has 0 aromatic heterocycles. The van der Waals surface area contributed by atoms with Crippen LogP contribution in [0.25, 0.3) is 11.1 Å². The van der Waals surface area contributed by atoms with Crippen molar-refractivity contribution in [2.45, 2.75) is 25.9 Å². The van der Waals surface area contributed by atoms with Gasteiger partial charge in [0, 0.05) is 0 Å². The topological polar surface area (TPSA) is 55.6 Å². The molecular formula is C22H21NO4. The van der Waals surface area contributed by atoms with Gasteiger partial charge >= 0.3 is 11.9 Å². The lowest BCUT2D eigenvalue weighted by Gasteiger charge is -2.16. The highest BCUT2D eigenvalue weighted by Crippen LogP contribution is 2.63. The highest BCUT2D eigenvalue weighted by molar-refractivity contribution is 5.97. The van der Waals surface area contributed by atoms with Gasteiger partial charge < -0.3 is 14.4 Å². The molecule has 5 nitrogen and oxygen atoms in total. The van der Waals surface area contributed by atoms with E-state index in [-0.39, 0.29) is 31.0 Å². The predicted octanol–water partition coefficient (Wildman–Crippen LogP) is 3.78. The maximum Gasteiger partial charge on any atom is 0.354 e. The van der Waals surface area contributed by atoms with Crippen LogP contribution in [-0.4, -0.2) is 30.1 Å². The number of hydrogen-bond donors (Lipinski definition) is 0. The molecule has 1 saturated heterocycles. The van der Waals surface area contributed by atoms with E-state index in [1.54, 1.807) is 13.8 Å². The lowest BCUT2D eigenvalue weighted by Crippen LogP contribution is -2.17. The van der Waals surface area contributed by atoms with Crippen LogP contribution >= 0.6 is 0 Å². The minimum absolute atomic E-state index is 0.0150. The molecule has 2 aromatic rings. The summed E-state index contributed by atoms with van der Waals surface area (Å²) >= 11 is 0. The Balaban J connectivity index is 1.79. The van der Waals surface area contributed by atoms with E-state index in [0.29, 0.717) is 0 Å². The van der Waals surface area contributed by atoms with Crippen LogP contribution in [0.5, 0.6) is 0 Å². The van der Waals surface area contributed by atoms with E-state index in [4.69, 9.17) is 9.47 Å². The summed E-state index contributed by atoms with van der Waals surface area (Å²) in [5.74, 6) is -1.04. The van der Waals surface area contributed by atoms with E-state index in [9.17, 15) is 9.59 Å². The van der Waals surface area contributed by atoms with Gasteiger partial charge in [-0.25, -0.2) is 9.59 Å². The van der Waals surface area contributed by atoms with Gasteiger partial charge in [-0.1, -0.05) is 48.5 Å². The van der Waals surface area contributed by atoms with E-state index >= 15 is 0 Å². The molecule has 0 amide bonds. The van der Waals surface area contributed by atoms with Crippen molar-refractivity contribution in [3.63, 3.8) is 0 Å². The molecule has 2 unspecified atom stereocenters. The number of rotatable bonds is 5. The fraction of sp³-hybridized carbons (Fsp3) is 0.273. The molecule has 0 saturated carbocycles. The molecular weight excluding hydrogens is 342 g/mol. The zero-order valence-electron chi connectivity index (χ0n) is 15.3. The third kappa shape index (κ3) is 2.89. The van der Waals surface area contributed by atoms with Gasteiger partial charge in [-0.05, 0) is 36.1 Å². The molecule has 0 spiro atoms. The molecule has 2 atom stereocenters. The van der Waals surface area contributed by atoms with Crippen LogP contribution in [-0.2, 0) is 19.1 Å². The maximum absolute atomic E-state index is 12.6. The molecule has 27 heavy (non-hydrogen) atoms. The molecule has 1 aliphatic carbocycles. The second-order valence-electron chi connectivity index (χ2n) is 6.47. The summed E-state index contributed by atoms with van der Waals surface area (Å²) in [5, 5.41) is 0. The predicted molar refractivity (Wildman–Crippen MR) is 101 cm³/mol. The molecule has 1 fully saturated rings. The first-order valence-corrected chi connectivity index (χ1v) is 9.19. The van der Waals surface area contributed by atoms with E-state index in [1.165, 1.54) is 6.08 Å². The first kappa shape index (κ1) is 17.3. The zero-order valence-corrected chi connectivity index (χ0v) is 15.3. The number of esters is 2. The lowest BCUT2D eigenvalue weighted by molar-refractivity contribution is -0.142. The molecule has 5 heteroatoms. The smallest absolute Gasteiger partial charge is 0.354 e. The maximum atomic E-state index is 12.6. The molecule has 138 valence electrons. The van der Waals surface area contributed by atoms with Crippen molar-refractivity contribution >= 4 is 11.9 Å². The number of benzene rings is 2. The van der Waals surface area contributed by atoms with Gasteiger partial charge in [0.25, 0.3) is 0 Å². The van der Waals surface area contributed by atoms with E-state index < -0.39 is 11.9 Å². The van der Waals surface area contributed by atoms with Crippen LogP contribution in [0.3, 0.4) is 0 Å². The van der Waals surface area contributed by atoms with Crippen molar-refractivity contribution in [3.05, 3.63) is 71.4 Å². The average Bonchev–Trinajstić information content (AvgIpc) is 3.42. The summed E-state index contributed by atoms with van der Waals surface area (Å²) in [6, 6.07) is 16.4. The highest BCUT2D eigenvalue weighted by Gasteiger charge is 2.56. The van der Waals surface area contributed by atoms with E-state index in [0.717, 1.165) is 22.3 Å². The Bertz CT molecular complexity index is 882. The highest BCUT2D eigenvalue weighted by atomic mass is 16.5. The molecule has 0 radical (unpaired) electrons. The zero-order chi connectivity index (χ0) is 19.0. The Morgan fingerprint density at radius 1 is 0.889 bits per heavy atom. The molecule has 4 rings (SSSR count). The van der Waals surface area contributed by atoms with Crippen LogP contribution in [0.4, 0.5) is 0 Å². The number of carbonyl (C=O) groups is 2. The number of carbonyl (C=O) groups excluding carboxylic acids is 2. The van der Waals surface area contributed by atoms with Crippen LogP contribution in [0.2, 0.25) is 0 Å². The van der Waals surface area contributed by atoms with Crippen LogP contribution < -0.4 is 0 Å². The third-order valence-electron chi connectivity index (χ3n) is 4.96. The number of hydrogen-bond acceptors (Lipinski definition) is 5. The quantitative estimate of drug-likeness (QED) is 0.460. The van der Waals surface area contributed by atoms with Gasteiger partial charge in [-0.3, -0.25) is 0 Å². The average molecular weight is 363 g/mol. The van der Waals surface area contributed by atoms with Crippen LogP contribution in [0.15, 0.2) is 60.3 Å². The number of ether oxygens (including phenoxy) is 2. The fourth-order valence-electron chi connectivity index (χ4n) is 3.91. The summed E-state index contributed by atoms with van der Waals surface area (Å²) in [5.41, 5.74) is 4.88. The Morgan fingerprint density at radius 2 is 1.41 bits per heavy atom. The monoisotopic (exact) mass is 363 g/mol. The summed E-state index contributed by atoms with van der Waals surface area (Å²) in [6.07, 6.45) is 1.25. The first-order valence-electron chi connectivity index (χ1n) is 9.19. The first-order chi connectivity index (χ1) is 13.2. The summed E-state index contributed by atoms with van der Waals surface area (Å²) in [4.78, 5) is 26.6. The van der Waals surface area contributed by atoms with E-state index in [2.05, 4.69) is 24.3 Å². The minimum atomic E-state index is -0.536. The summed E-state index contributed by atoms with van der Waals surface area (Å²) in [7, 11) is 0. The molecule has 0 bridgehead atoms. The molecule has 2 aromatic carbocycles. The molecule has 0 N–H and O–H groups in total. The summed E-state index contributed by atoms with van der Waals surface area (Å²) in [6.45, 7) is 3.98. The van der Waals surface area contributed by atoms with Crippen molar-refractivity contribution in [3.8, 4) is 11.1 Å². The largest absolute Gasteiger partial charge is 0.463 e. The lowest BCUT2D eigenvalue weighted by atomic mass is 9.86. The number of fused-ring (bicyclic) bond motifs is 6. The molecule has 2 aliphatic rings. The SMILES string of the molecule is CCOC(=O)/C=C(\C(=O)OCC)N1C2c3ccccc3-c3ccccc3C21. The van der Waals surface area contributed by atoms with Gasteiger partial charge in [0.15, 0.2) is 0 Å². The Labute approximate surface area is 158 Å². The molecule has 1 heterocycles. The normalized spacial score (nSPS) is 19.5. The second kappa shape index (κ2) is 6.91. The fourth-order valence-corrected chi connectivity index (χ4v) is 3.91. The van der Waals surface area contributed by atoms with Gasteiger partial charge in [0.05, 0.1) is 31.4 Å². The molecule has 1 aliphatic heterocycles. The van der Waals surface area contributed by atoms with Crippen LogP contribution in [0, 0.1) is 0 Å². The Kier molecular flexibility index (Phi) is 4.44. The second-order valence-corrected chi connectivity index (χ2v) is 6.47. The van der Waals surface area contributed by atoms with Gasteiger partial charge in [-0.15, -0.1) is 0 Å². The van der Waals surface area contributed by atoms with Gasteiger partial charge in [-0.2, -0.15) is 0 Å².